The Morgan fingerprint density at radius 3 is 2.17 bits per heavy atom. The van der Waals surface area contributed by atoms with E-state index in [1.165, 1.54) is 6.07 Å². The summed E-state index contributed by atoms with van der Waals surface area (Å²) in [4.78, 5) is -0.246. The van der Waals surface area contributed by atoms with E-state index in [0.29, 0.717) is 22.5 Å². The van der Waals surface area contributed by atoms with Crippen LogP contribution in [0.1, 0.15) is 37.8 Å². The Balaban J connectivity index is 0.00000387. The zero-order valence-electron chi connectivity index (χ0n) is 24.3. The first-order valence-corrected chi connectivity index (χ1v) is 15.1. The van der Waals surface area contributed by atoms with Crippen LogP contribution in [-0.4, -0.2) is 26.1 Å². The van der Waals surface area contributed by atoms with E-state index in [0.717, 1.165) is 64.7 Å². The van der Waals surface area contributed by atoms with Crippen LogP contribution < -0.4 is 44.8 Å². The number of benzene rings is 4. The molecule has 1 aliphatic heterocycles. The fourth-order valence-electron chi connectivity index (χ4n) is 5.40. The summed E-state index contributed by atoms with van der Waals surface area (Å²) in [5, 5.41) is 5.29. The summed E-state index contributed by atoms with van der Waals surface area (Å²) >= 11 is 0. The van der Waals surface area contributed by atoms with Crippen LogP contribution in [0.3, 0.4) is 0 Å². The Labute approximate surface area is 264 Å². The number of fused-ring (bicyclic) bond motifs is 2. The minimum absolute atomic E-state index is 0. The summed E-state index contributed by atoms with van der Waals surface area (Å²) in [6.45, 7) is 10.3. The number of aryl methyl sites for hydroxylation is 2. The smallest absolute Gasteiger partial charge is 0.744 e. The molecule has 1 heterocycles. The first-order valence-electron chi connectivity index (χ1n) is 13.7. The van der Waals surface area contributed by atoms with Crippen molar-refractivity contribution >= 4 is 32.5 Å². The summed E-state index contributed by atoms with van der Waals surface area (Å²) < 4.78 is 45.8. The van der Waals surface area contributed by atoms with Crippen molar-refractivity contribution in [2.45, 2.75) is 45.4 Å². The average molecular weight is 578 g/mol. The van der Waals surface area contributed by atoms with Gasteiger partial charge in [0.1, 0.15) is 34.6 Å². The number of nitrogens with one attached hydrogen (secondary N) is 1. The third-order valence-corrected chi connectivity index (χ3v) is 8.13. The van der Waals surface area contributed by atoms with Crippen LogP contribution in [-0.2, 0) is 10.1 Å². The van der Waals surface area contributed by atoms with Gasteiger partial charge in [-0.05, 0) is 49.2 Å². The van der Waals surface area contributed by atoms with Crippen molar-refractivity contribution in [3.05, 3.63) is 95.3 Å². The molecule has 0 bridgehead atoms. The molecule has 5 rings (SSSR count). The molecule has 0 amide bonds. The first-order chi connectivity index (χ1) is 19.2. The molecule has 0 radical (unpaired) electrons. The standard InChI is InChI=1S/C33H34N2O4S.Na/c1-5-18-35(19-6-2)25-15-17-27-30(21-25)39-29-20-24(34-33-22(3)10-9-11-23(33)4)14-16-26(29)32(27)28-12-7-8-13-31(28)40(36,37)38;/h7-17,20-21H,5-6,18-19H2,1-4H3,(H,36,37,38);/q;+1. The van der Waals surface area contributed by atoms with Crippen LogP contribution in [0.5, 0.6) is 0 Å². The van der Waals surface area contributed by atoms with Gasteiger partial charge in [-0.1, -0.05) is 50.2 Å². The third kappa shape index (κ3) is 6.45. The van der Waals surface area contributed by atoms with Crippen molar-refractivity contribution < 1.29 is 46.9 Å². The van der Waals surface area contributed by atoms with Gasteiger partial charge in [-0.15, -0.1) is 0 Å². The molecule has 0 unspecified atom stereocenters. The Morgan fingerprint density at radius 2 is 1.51 bits per heavy atom. The number of hydrogen-bond donors (Lipinski definition) is 1. The molecular formula is C33H34N2NaO4S+. The van der Waals surface area contributed by atoms with E-state index in [2.05, 4.69) is 49.7 Å². The maximum absolute atomic E-state index is 12.3. The second-order valence-corrected chi connectivity index (χ2v) is 11.5. The first kappa shape index (κ1) is 31.0. The van der Waals surface area contributed by atoms with E-state index in [1.807, 2.05) is 42.5 Å². The maximum Gasteiger partial charge on any atom is 1.00 e. The molecule has 0 aromatic heterocycles. The van der Waals surface area contributed by atoms with Gasteiger partial charge in [-0.2, -0.15) is 0 Å². The number of hydrogen-bond acceptors (Lipinski definition) is 5. The molecule has 1 aliphatic carbocycles. The van der Waals surface area contributed by atoms with Gasteiger partial charge in [0.25, 0.3) is 0 Å². The normalized spacial score (nSPS) is 11.4. The molecular weight excluding hydrogens is 543 g/mol. The van der Waals surface area contributed by atoms with Gasteiger partial charge in [0.2, 0.25) is 5.36 Å². The van der Waals surface area contributed by atoms with Crippen molar-refractivity contribution in [1.29, 1.82) is 0 Å². The molecule has 1 N–H and O–H groups in total. The summed E-state index contributed by atoms with van der Waals surface area (Å²) in [6.07, 6.45) is 2.03. The summed E-state index contributed by atoms with van der Waals surface area (Å²) in [6, 6.07) is 24.4. The predicted octanol–water partition coefficient (Wildman–Crippen LogP) is 4.07. The molecule has 0 spiro atoms. The van der Waals surface area contributed by atoms with Crippen molar-refractivity contribution in [3.63, 3.8) is 0 Å². The van der Waals surface area contributed by atoms with E-state index in [1.54, 1.807) is 18.2 Å². The molecule has 0 fully saturated rings. The molecule has 6 nitrogen and oxygen atoms in total. The van der Waals surface area contributed by atoms with Gasteiger partial charge in [-0.3, -0.25) is 0 Å². The van der Waals surface area contributed by atoms with E-state index < -0.39 is 10.1 Å². The van der Waals surface area contributed by atoms with Gasteiger partial charge >= 0.3 is 29.6 Å². The van der Waals surface area contributed by atoms with Gasteiger partial charge in [0.05, 0.1) is 11.0 Å². The molecule has 8 heteroatoms. The van der Waals surface area contributed by atoms with E-state index in [9.17, 15) is 13.0 Å². The van der Waals surface area contributed by atoms with Crippen LogP contribution in [0.25, 0.3) is 33.4 Å². The zero-order chi connectivity index (χ0) is 28.4. The van der Waals surface area contributed by atoms with Crippen LogP contribution in [0.2, 0.25) is 0 Å². The van der Waals surface area contributed by atoms with Crippen LogP contribution in [0.15, 0.2) is 88.2 Å². The Kier molecular flexibility index (Phi) is 9.77. The molecule has 206 valence electrons. The fraction of sp³-hybridized carbons (Fsp3) is 0.242. The fourth-order valence-corrected chi connectivity index (χ4v) is 6.09. The quantitative estimate of drug-likeness (QED) is 0.130. The van der Waals surface area contributed by atoms with Gasteiger partial charge in [0.15, 0.2) is 0 Å². The van der Waals surface area contributed by atoms with Crippen molar-refractivity contribution in [3.8, 4) is 22.5 Å². The molecule has 0 saturated heterocycles. The molecule has 0 saturated carbocycles. The van der Waals surface area contributed by atoms with Gasteiger partial charge in [0, 0.05) is 58.4 Å². The molecule has 0 atom stereocenters. The Morgan fingerprint density at radius 1 is 0.829 bits per heavy atom. The second kappa shape index (κ2) is 12.9. The van der Waals surface area contributed by atoms with Gasteiger partial charge in [-0.25, -0.2) is 13.0 Å². The molecule has 3 aromatic carbocycles. The monoisotopic (exact) mass is 577 g/mol. The minimum Gasteiger partial charge on any atom is -0.744 e. The number of nitrogens with zero attached hydrogens (tertiary/aromatic N) is 1. The van der Waals surface area contributed by atoms with Crippen LogP contribution >= 0.6 is 0 Å². The minimum atomic E-state index is -4.71. The summed E-state index contributed by atoms with van der Waals surface area (Å²) in [7, 11) is -4.71. The van der Waals surface area contributed by atoms with E-state index >= 15 is 0 Å². The van der Waals surface area contributed by atoms with Crippen molar-refractivity contribution in [2.24, 2.45) is 0 Å². The predicted molar refractivity (Wildman–Crippen MR) is 161 cm³/mol. The third-order valence-electron chi connectivity index (χ3n) is 7.23. The zero-order valence-corrected chi connectivity index (χ0v) is 27.1. The molecule has 2 aliphatic rings. The second-order valence-electron chi connectivity index (χ2n) is 10.2. The topological polar surface area (TPSA) is 85.4 Å². The summed E-state index contributed by atoms with van der Waals surface area (Å²) in [5.41, 5.74) is 6.49. The summed E-state index contributed by atoms with van der Waals surface area (Å²) in [5.74, 6) is 0.625. The largest absolute Gasteiger partial charge is 1.00 e. The van der Waals surface area contributed by atoms with Gasteiger partial charge < -0.3 is 14.3 Å². The molecule has 41 heavy (non-hydrogen) atoms. The number of rotatable bonds is 8. The number of anilines is 2. The van der Waals surface area contributed by atoms with Crippen molar-refractivity contribution in [2.75, 3.05) is 18.4 Å². The van der Waals surface area contributed by atoms with E-state index in [4.69, 9.17) is 4.42 Å². The Hall–Kier alpha value is -2.94. The number of para-hydroxylation sites is 1. The van der Waals surface area contributed by atoms with Crippen LogP contribution in [0, 0.1) is 13.8 Å². The average Bonchev–Trinajstić information content (AvgIpc) is 2.93. The Bertz CT molecular complexity index is 1830. The maximum atomic E-state index is 12.3. The van der Waals surface area contributed by atoms with Crippen molar-refractivity contribution in [1.82, 2.24) is 4.58 Å². The van der Waals surface area contributed by atoms with Crippen LogP contribution in [0.4, 0.5) is 11.4 Å². The SMILES string of the molecule is CCC[N+](CCC)=c1ccc2c(-c3ccccc3S(=O)(=O)[O-])c3ccc(Nc4c(C)cccc4C)cc3oc-2c1.[Na+]. The van der Waals surface area contributed by atoms with E-state index in [-0.39, 0.29) is 34.5 Å². The molecule has 3 aromatic rings.